The van der Waals surface area contributed by atoms with Crippen molar-refractivity contribution in [2.24, 2.45) is 5.92 Å². The number of carbonyl (C=O) groups is 1. The van der Waals surface area contributed by atoms with E-state index >= 15 is 0 Å². The van der Waals surface area contributed by atoms with Crippen molar-refractivity contribution >= 4 is 11.5 Å². The largest absolute Gasteiger partial charge is 0.489 e. The van der Waals surface area contributed by atoms with Gasteiger partial charge in [0.1, 0.15) is 17.7 Å². The number of alkyl halides is 3. The number of aromatic nitrogens is 1. The van der Waals surface area contributed by atoms with Crippen LogP contribution < -0.4 is 9.64 Å². The van der Waals surface area contributed by atoms with Gasteiger partial charge in [-0.1, -0.05) is 12.1 Å². The Labute approximate surface area is 231 Å². The molecule has 0 amide bonds. The quantitative estimate of drug-likeness (QED) is 0.227. The van der Waals surface area contributed by atoms with Crippen LogP contribution in [0.25, 0.3) is 0 Å². The van der Waals surface area contributed by atoms with Crippen molar-refractivity contribution in [3.8, 4) is 5.75 Å². The third-order valence-electron chi connectivity index (χ3n) is 7.84. The van der Waals surface area contributed by atoms with E-state index in [-0.39, 0.29) is 17.7 Å². The zero-order valence-electron chi connectivity index (χ0n) is 22.2. The average molecular weight is 556 g/mol. The maximum absolute atomic E-state index is 13.1. The lowest BCUT2D eigenvalue weighted by atomic mass is 9.90. The van der Waals surface area contributed by atoms with Crippen LogP contribution in [0.4, 0.5) is 23.2 Å². The van der Waals surface area contributed by atoms with Crippen LogP contribution in [-0.2, 0) is 12.7 Å². The third kappa shape index (κ3) is 7.38. The summed E-state index contributed by atoms with van der Waals surface area (Å²) in [5, 5.41) is 0. The summed E-state index contributed by atoms with van der Waals surface area (Å²) in [5.41, 5.74) is 1.75. The van der Waals surface area contributed by atoms with Crippen molar-refractivity contribution in [3.63, 3.8) is 0 Å². The van der Waals surface area contributed by atoms with Crippen LogP contribution in [0.1, 0.15) is 53.6 Å². The van der Waals surface area contributed by atoms with Crippen LogP contribution in [0.5, 0.6) is 5.75 Å². The Kier molecular flexibility index (Phi) is 8.69. The van der Waals surface area contributed by atoms with Gasteiger partial charge in [0.25, 0.3) is 0 Å². The number of benzene rings is 2. The fourth-order valence-corrected chi connectivity index (χ4v) is 5.50. The molecule has 9 heteroatoms. The molecule has 2 aliphatic rings. The van der Waals surface area contributed by atoms with E-state index in [1.165, 1.54) is 24.3 Å². The molecule has 3 heterocycles. The number of nitrogens with zero attached hydrogens (tertiary/aromatic N) is 3. The molecular formula is C31H33F4N3O2. The van der Waals surface area contributed by atoms with Crippen LogP contribution in [-0.4, -0.2) is 48.0 Å². The van der Waals surface area contributed by atoms with Crippen molar-refractivity contribution in [1.82, 2.24) is 9.88 Å². The molecule has 212 valence electrons. The molecule has 0 radical (unpaired) electrons. The van der Waals surface area contributed by atoms with E-state index in [2.05, 4.69) is 14.8 Å². The zero-order chi connectivity index (χ0) is 28.1. The van der Waals surface area contributed by atoms with Crippen molar-refractivity contribution in [3.05, 3.63) is 89.5 Å². The van der Waals surface area contributed by atoms with Crippen molar-refractivity contribution < 1.29 is 27.1 Å². The maximum Gasteiger partial charge on any atom is 0.416 e. The number of hydrogen-bond acceptors (Lipinski definition) is 5. The molecule has 0 N–H and O–H groups in total. The lowest BCUT2D eigenvalue weighted by molar-refractivity contribution is -0.137. The normalized spacial score (nSPS) is 17.6. The average Bonchev–Trinajstić information content (AvgIpc) is 2.95. The number of ketones is 1. The van der Waals surface area contributed by atoms with E-state index in [0.29, 0.717) is 36.7 Å². The number of piperidine rings is 2. The summed E-state index contributed by atoms with van der Waals surface area (Å²) < 4.78 is 57.8. The summed E-state index contributed by atoms with van der Waals surface area (Å²) in [6.45, 7) is 3.93. The van der Waals surface area contributed by atoms with Gasteiger partial charge in [-0.05, 0) is 79.9 Å². The summed E-state index contributed by atoms with van der Waals surface area (Å²) in [6.07, 6.45) is 2.60. The molecule has 0 spiro atoms. The molecular weight excluding hydrogens is 522 g/mol. The van der Waals surface area contributed by atoms with E-state index < -0.39 is 11.7 Å². The van der Waals surface area contributed by atoms with E-state index in [4.69, 9.17) is 4.74 Å². The molecule has 0 aliphatic carbocycles. The highest BCUT2D eigenvalue weighted by Gasteiger charge is 2.30. The fraction of sp³-hybridized carbons (Fsp3) is 0.419. The molecule has 5 nitrogen and oxygen atoms in total. The molecule has 1 aromatic heterocycles. The highest BCUT2D eigenvalue weighted by atomic mass is 19.4. The van der Waals surface area contributed by atoms with E-state index in [1.807, 2.05) is 12.1 Å². The van der Waals surface area contributed by atoms with E-state index in [0.717, 1.165) is 68.7 Å². The fourth-order valence-electron chi connectivity index (χ4n) is 5.50. The lowest BCUT2D eigenvalue weighted by Gasteiger charge is -2.33. The Balaban J connectivity index is 1.07. The predicted octanol–water partition coefficient (Wildman–Crippen LogP) is 6.77. The summed E-state index contributed by atoms with van der Waals surface area (Å²) in [6, 6.07) is 13.6. The molecule has 0 unspecified atom stereocenters. The molecule has 2 saturated heterocycles. The third-order valence-corrected chi connectivity index (χ3v) is 7.84. The Hall–Kier alpha value is -3.46. The first-order valence-electron chi connectivity index (χ1n) is 13.8. The van der Waals surface area contributed by atoms with Gasteiger partial charge in [-0.3, -0.25) is 14.7 Å². The summed E-state index contributed by atoms with van der Waals surface area (Å²) >= 11 is 0. The van der Waals surface area contributed by atoms with Gasteiger partial charge < -0.3 is 9.64 Å². The zero-order valence-corrected chi connectivity index (χ0v) is 22.2. The van der Waals surface area contributed by atoms with Crippen LogP contribution in [0.2, 0.25) is 0 Å². The Morgan fingerprint density at radius 3 is 2.23 bits per heavy atom. The van der Waals surface area contributed by atoms with E-state index in [9.17, 15) is 22.4 Å². The minimum absolute atomic E-state index is 0.0525. The topological polar surface area (TPSA) is 45.7 Å². The predicted molar refractivity (Wildman–Crippen MR) is 145 cm³/mol. The highest BCUT2D eigenvalue weighted by molar-refractivity contribution is 5.96. The second-order valence-corrected chi connectivity index (χ2v) is 10.7. The van der Waals surface area contributed by atoms with Crippen molar-refractivity contribution in [2.45, 2.75) is 50.9 Å². The monoisotopic (exact) mass is 555 g/mol. The minimum Gasteiger partial charge on any atom is -0.489 e. The van der Waals surface area contributed by atoms with E-state index in [1.54, 1.807) is 18.5 Å². The number of Topliss-reactive ketones (excluding diaryl/α,β-unsaturated/α-hetero) is 1. The van der Waals surface area contributed by atoms with Crippen LogP contribution in [0, 0.1) is 11.7 Å². The van der Waals surface area contributed by atoms with Crippen LogP contribution in [0.15, 0.2) is 67.0 Å². The molecule has 0 saturated carbocycles. The number of ether oxygens (including phenoxy) is 1. The number of hydrogen-bond donors (Lipinski definition) is 0. The van der Waals surface area contributed by atoms with Gasteiger partial charge in [0.2, 0.25) is 0 Å². The minimum atomic E-state index is -4.34. The van der Waals surface area contributed by atoms with Gasteiger partial charge in [0.05, 0.1) is 11.8 Å². The van der Waals surface area contributed by atoms with Gasteiger partial charge in [-0.2, -0.15) is 13.2 Å². The number of halogens is 4. The maximum atomic E-state index is 13.1. The number of anilines is 1. The summed E-state index contributed by atoms with van der Waals surface area (Å²) in [7, 11) is 0. The smallest absolute Gasteiger partial charge is 0.416 e. The number of likely N-dealkylation sites (tertiary alicyclic amines) is 1. The van der Waals surface area contributed by atoms with Crippen molar-refractivity contribution in [1.29, 1.82) is 0 Å². The molecule has 2 aromatic carbocycles. The molecule has 3 aromatic rings. The van der Waals surface area contributed by atoms with Gasteiger partial charge in [0.15, 0.2) is 5.78 Å². The second-order valence-electron chi connectivity index (χ2n) is 10.7. The summed E-state index contributed by atoms with van der Waals surface area (Å²) in [4.78, 5) is 21.7. The van der Waals surface area contributed by atoms with Gasteiger partial charge >= 0.3 is 6.18 Å². The molecule has 0 atom stereocenters. The number of pyridine rings is 1. The Bertz CT molecular complexity index is 1260. The summed E-state index contributed by atoms with van der Waals surface area (Å²) in [5.74, 6) is 0.711. The molecule has 2 fully saturated rings. The standard InChI is InChI=1S/C31H33F4N3O2/c32-26-5-1-23(2-6-26)21-37-13-9-22(10-14-37)17-30(39)24-18-29(20-36-19-24)40-28-11-15-38(16-12-28)27-7-3-25(4-8-27)31(33,34)35/h1-8,18-20,22,28H,9-17,21H2. The van der Waals surface area contributed by atoms with Crippen LogP contribution >= 0.6 is 0 Å². The van der Waals surface area contributed by atoms with Crippen molar-refractivity contribution in [2.75, 3.05) is 31.1 Å². The molecule has 0 bridgehead atoms. The lowest BCUT2D eigenvalue weighted by Crippen LogP contribution is -2.38. The first-order chi connectivity index (χ1) is 19.2. The van der Waals surface area contributed by atoms with Gasteiger partial charge in [-0.25, -0.2) is 4.39 Å². The van der Waals surface area contributed by atoms with Gasteiger partial charge in [-0.15, -0.1) is 0 Å². The highest BCUT2D eigenvalue weighted by Crippen LogP contribution is 2.31. The number of rotatable bonds is 8. The second kappa shape index (κ2) is 12.4. The Morgan fingerprint density at radius 1 is 0.900 bits per heavy atom. The SMILES string of the molecule is O=C(CC1CCN(Cc2ccc(F)cc2)CC1)c1cncc(OC2CCN(c3ccc(C(F)(F)F)cc3)CC2)c1. The van der Waals surface area contributed by atoms with Crippen LogP contribution in [0.3, 0.4) is 0 Å². The van der Waals surface area contributed by atoms with Gasteiger partial charge in [0, 0.05) is 56.3 Å². The molecule has 40 heavy (non-hydrogen) atoms. The molecule has 2 aliphatic heterocycles. The first kappa shape index (κ1) is 28.1. The Morgan fingerprint density at radius 2 is 1.57 bits per heavy atom. The number of carbonyl (C=O) groups excluding carboxylic acids is 1. The first-order valence-corrected chi connectivity index (χ1v) is 13.8. The molecule has 5 rings (SSSR count).